The number of hydrogen-bond donors (Lipinski definition) is 2. The second kappa shape index (κ2) is 12.0. The monoisotopic (exact) mass is 514 g/mol. The van der Waals surface area contributed by atoms with Crippen molar-refractivity contribution in [2.24, 2.45) is 4.99 Å². The third-order valence-electron chi connectivity index (χ3n) is 4.97. The largest absolute Gasteiger partial charge is 0.497 e. The van der Waals surface area contributed by atoms with Gasteiger partial charge in [-0.1, -0.05) is 17.3 Å². The normalized spacial score (nSPS) is 15.6. The molecule has 0 aliphatic carbocycles. The molecule has 1 aromatic carbocycles. The van der Waals surface area contributed by atoms with E-state index in [1.807, 2.05) is 19.1 Å². The first-order valence-corrected chi connectivity index (χ1v) is 9.81. The molecule has 0 bridgehead atoms. The number of nitrogens with zero attached hydrogens (tertiary/aromatic N) is 4. The predicted molar refractivity (Wildman–Crippen MR) is 124 cm³/mol. The van der Waals surface area contributed by atoms with Gasteiger partial charge in [-0.3, -0.25) is 9.89 Å². The Morgan fingerprint density at radius 1 is 1.24 bits per heavy atom. The van der Waals surface area contributed by atoms with Crippen LogP contribution in [-0.2, 0) is 6.42 Å². The SMILES string of the molecule is CN=C(NCCc1nc(C)no1)NCC(c1ccc(OC)cc1)N1CCCC1.I. The lowest BCUT2D eigenvalue weighted by atomic mass is 10.1. The fourth-order valence-corrected chi connectivity index (χ4v) is 3.48. The molecule has 2 heterocycles. The number of aryl methyl sites for hydroxylation is 1. The zero-order valence-corrected chi connectivity index (χ0v) is 19.7. The fraction of sp³-hybridized carbons (Fsp3) is 0.550. The smallest absolute Gasteiger partial charge is 0.228 e. The Kier molecular flexibility index (Phi) is 9.65. The second-order valence-electron chi connectivity index (χ2n) is 6.90. The van der Waals surface area contributed by atoms with Gasteiger partial charge in [-0.05, 0) is 50.6 Å². The van der Waals surface area contributed by atoms with E-state index in [1.54, 1.807) is 14.2 Å². The lowest BCUT2D eigenvalue weighted by Crippen LogP contribution is -2.43. The number of aromatic nitrogens is 2. The van der Waals surface area contributed by atoms with Crippen LogP contribution in [0.1, 0.15) is 36.2 Å². The predicted octanol–water partition coefficient (Wildman–Crippen LogP) is 2.55. The Morgan fingerprint density at radius 2 is 1.97 bits per heavy atom. The lowest BCUT2D eigenvalue weighted by molar-refractivity contribution is 0.245. The van der Waals surface area contributed by atoms with Crippen LogP contribution in [0, 0.1) is 6.92 Å². The molecule has 0 amide bonds. The van der Waals surface area contributed by atoms with E-state index in [4.69, 9.17) is 9.26 Å². The van der Waals surface area contributed by atoms with Crippen molar-refractivity contribution in [1.82, 2.24) is 25.7 Å². The van der Waals surface area contributed by atoms with Gasteiger partial charge in [0.1, 0.15) is 5.75 Å². The molecular formula is C20H31IN6O2. The van der Waals surface area contributed by atoms with Crippen molar-refractivity contribution >= 4 is 29.9 Å². The number of guanidine groups is 1. The minimum atomic E-state index is 0. The number of benzene rings is 1. The Morgan fingerprint density at radius 3 is 2.55 bits per heavy atom. The summed E-state index contributed by atoms with van der Waals surface area (Å²) in [6, 6.07) is 8.65. The average Bonchev–Trinajstić information content (AvgIpc) is 3.39. The highest BCUT2D eigenvalue weighted by Gasteiger charge is 2.23. The van der Waals surface area contributed by atoms with Gasteiger partial charge in [0, 0.05) is 26.6 Å². The van der Waals surface area contributed by atoms with Crippen LogP contribution in [-0.4, -0.2) is 61.3 Å². The van der Waals surface area contributed by atoms with Gasteiger partial charge in [0.15, 0.2) is 11.8 Å². The molecule has 1 aromatic heterocycles. The van der Waals surface area contributed by atoms with E-state index in [0.29, 0.717) is 30.7 Å². The van der Waals surface area contributed by atoms with Gasteiger partial charge in [-0.15, -0.1) is 24.0 Å². The number of nitrogens with one attached hydrogen (secondary N) is 2. The van der Waals surface area contributed by atoms with Crippen LogP contribution in [0.3, 0.4) is 0 Å². The molecular weight excluding hydrogens is 483 g/mol. The Balaban J connectivity index is 0.00000300. The van der Waals surface area contributed by atoms with Gasteiger partial charge in [0.05, 0.1) is 13.2 Å². The van der Waals surface area contributed by atoms with Crippen LogP contribution in [0.15, 0.2) is 33.8 Å². The molecule has 1 unspecified atom stereocenters. The van der Waals surface area contributed by atoms with Gasteiger partial charge >= 0.3 is 0 Å². The zero-order chi connectivity index (χ0) is 19.8. The molecule has 1 fully saturated rings. The second-order valence-corrected chi connectivity index (χ2v) is 6.90. The summed E-state index contributed by atoms with van der Waals surface area (Å²) in [7, 11) is 3.48. The van der Waals surface area contributed by atoms with Crippen molar-refractivity contribution in [2.75, 3.05) is 40.3 Å². The molecule has 2 aromatic rings. The molecule has 1 saturated heterocycles. The molecule has 0 radical (unpaired) electrons. The van der Waals surface area contributed by atoms with E-state index in [2.05, 4.69) is 42.8 Å². The third-order valence-corrected chi connectivity index (χ3v) is 4.97. The highest BCUT2D eigenvalue weighted by atomic mass is 127. The maximum Gasteiger partial charge on any atom is 0.228 e. The van der Waals surface area contributed by atoms with E-state index < -0.39 is 0 Å². The van der Waals surface area contributed by atoms with Crippen molar-refractivity contribution in [1.29, 1.82) is 0 Å². The number of hydrogen-bond acceptors (Lipinski definition) is 6. The summed E-state index contributed by atoms with van der Waals surface area (Å²) in [6.07, 6.45) is 3.17. The van der Waals surface area contributed by atoms with Crippen molar-refractivity contribution in [2.45, 2.75) is 32.2 Å². The first kappa shape index (κ1) is 23.4. The summed E-state index contributed by atoms with van der Waals surface area (Å²) in [5.41, 5.74) is 1.28. The first-order chi connectivity index (χ1) is 13.7. The van der Waals surface area contributed by atoms with E-state index in [0.717, 1.165) is 31.3 Å². The van der Waals surface area contributed by atoms with E-state index in [9.17, 15) is 0 Å². The van der Waals surface area contributed by atoms with Crippen LogP contribution < -0.4 is 15.4 Å². The van der Waals surface area contributed by atoms with Crippen molar-refractivity contribution in [3.05, 3.63) is 41.5 Å². The summed E-state index contributed by atoms with van der Waals surface area (Å²) >= 11 is 0. The summed E-state index contributed by atoms with van der Waals surface area (Å²) in [4.78, 5) is 11.1. The van der Waals surface area contributed by atoms with Gasteiger partial charge in [0.25, 0.3) is 0 Å². The number of halogens is 1. The Bertz CT molecular complexity index is 759. The van der Waals surface area contributed by atoms with Crippen LogP contribution in [0.25, 0.3) is 0 Å². The summed E-state index contributed by atoms with van der Waals surface area (Å²) in [6.45, 7) is 5.53. The standard InChI is InChI=1S/C20H30N6O2.HI/c1-15-24-19(28-25-15)10-11-22-20(21-2)23-14-18(26-12-4-5-13-26)16-6-8-17(27-3)9-7-16;/h6-9,18H,4-5,10-14H2,1-3H3,(H2,21,22,23);1H. The highest BCUT2D eigenvalue weighted by molar-refractivity contribution is 14.0. The molecule has 1 atom stereocenters. The minimum Gasteiger partial charge on any atom is -0.497 e. The average molecular weight is 514 g/mol. The lowest BCUT2D eigenvalue weighted by Gasteiger charge is -2.29. The summed E-state index contributed by atoms with van der Waals surface area (Å²) < 4.78 is 10.4. The van der Waals surface area contributed by atoms with Gasteiger partial charge in [-0.25, -0.2) is 0 Å². The molecule has 2 N–H and O–H groups in total. The van der Waals surface area contributed by atoms with Gasteiger partial charge in [-0.2, -0.15) is 4.98 Å². The fourth-order valence-electron chi connectivity index (χ4n) is 3.48. The molecule has 1 aliphatic heterocycles. The van der Waals surface area contributed by atoms with E-state index in [1.165, 1.54) is 18.4 Å². The Hall–Kier alpha value is -1.88. The number of aliphatic imine (C=N–C) groups is 1. The summed E-state index contributed by atoms with van der Waals surface area (Å²) in [5, 5.41) is 10.6. The van der Waals surface area contributed by atoms with E-state index in [-0.39, 0.29) is 24.0 Å². The van der Waals surface area contributed by atoms with Crippen molar-refractivity contribution in [3.8, 4) is 5.75 Å². The third kappa shape index (κ3) is 6.84. The van der Waals surface area contributed by atoms with Crippen LogP contribution >= 0.6 is 24.0 Å². The van der Waals surface area contributed by atoms with E-state index >= 15 is 0 Å². The molecule has 0 saturated carbocycles. The number of ether oxygens (including phenoxy) is 1. The van der Waals surface area contributed by atoms with Gasteiger partial charge in [0.2, 0.25) is 5.89 Å². The maximum absolute atomic E-state index is 5.30. The summed E-state index contributed by atoms with van der Waals surface area (Å²) in [5.74, 6) is 2.94. The molecule has 9 heteroatoms. The molecule has 8 nitrogen and oxygen atoms in total. The number of rotatable bonds is 8. The quantitative estimate of drug-likeness (QED) is 0.318. The van der Waals surface area contributed by atoms with Crippen LogP contribution in [0.2, 0.25) is 0 Å². The first-order valence-electron chi connectivity index (χ1n) is 9.81. The van der Waals surface area contributed by atoms with Crippen LogP contribution in [0.4, 0.5) is 0 Å². The molecule has 29 heavy (non-hydrogen) atoms. The van der Waals surface area contributed by atoms with Crippen LogP contribution in [0.5, 0.6) is 5.75 Å². The maximum atomic E-state index is 5.30. The van der Waals surface area contributed by atoms with Crippen molar-refractivity contribution < 1.29 is 9.26 Å². The highest BCUT2D eigenvalue weighted by Crippen LogP contribution is 2.26. The molecule has 160 valence electrons. The molecule has 0 spiro atoms. The minimum absolute atomic E-state index is 0. The molecule has 3 rings (SSSR count). The van der Waals surface area contributed by atoms with Gasteiger partial charge < -0.3 is 19.9 Å². The number of methoxy groups -OCH3 is 1. The van der Waals surface area contributed by atoms with Crippen molar-refractivity contribution in [3.63, 3.8) is 0 Å². The topological polar surface area (TPSA) is 87.8 Å². The molecule has 1 aliphatic rings. The zero-order valence-electron chi connectivity index (χ0n) is 17.4. The Labute approximate surface area is 189 Å². The number of likely N-dealkylation sites (tertiary alicyclic amines) is 1.